The van der Waals surface area contributed by atoms with Gasteiger partial charge in [-0.1, -0.05) is 72.7 Å². The third kappa shape index (κ3) is 4.36. The van der Waals surface area contributed by atoms with Gasteiger partial charge in [-0.05, 0) is 43.9 Å². The maximum atomic E-state index is 10.4. The third-order valence-corrected chi connectivity index (χ3v) is 3.70. The smallest absolute Gasteiger partial charge is 0.123 e. The van der Waals surface area contributed by atoms with E-state index in [1.54, 1.807) is 0 Å². The lowest BCUT2D eigenvalue weighted by Gasteiger charge is -2.07. The van der Waals surface area contributed by atoms with Gasteiger partial charge in [0.1, 0.15) is 5.76 Å². The molecule has 0 aliphatic heterocycles. The zero-order chi connectivity index (χ0) is 15.9. The van der Waals surface area contributed by atoms with Crippen LogP contribution in [0.5, 0.6) is 0 Å². The molecule has 0 bridgehead atoms. The average molecular weight is 292 g/mol. The first-order valence-electron chi connectivity index (χ1n) is 7.83. The van der Waals surface area contributed by atoms with Gasteiger partial charge in [-0.3, -0.25) is 0 Å². The van der Waals surface area contributed by atoms with Crippen LogP contribution in [0.15, 0.2) is 77.4 Å². The van der Waals surface area contributed by atoms with Crippen LogP contribution >= 0.6 is 0 Å². The van der Waals surface area contributed by atoms with E-state index in [2.05, 4.69) is 44.2 Å². The quantitative estimate of drug-likeness (QED) is 0.528. The molecule has 0 atom stereocenters. The molecule has 1 aliphatic carbocycles. The lowest BCUT2D eigenvalue weighted by atomic mass is 10.0. The molecule has 1 aromatic rings. The van der Waals surface area contributed by atoms with E-state index in [9.17, 15) is 5.11 Å². The zero-order valence-corrected chi connectivity index (χ0v) is 13.6. The number of aryl methyl sites for hydroxylation is 1. The zero-order valence-electron chi connectivity index (χ0n) is 13.6. The Morgan fingerprint density at radius 1 is 1.09 bits per heavy atom. The lowest BCUT2D eigenvalue weighted by Crippen LogP contribution is -1.89. The van der Waals surface area contributed by atoms with E-state index in [4.69, 9.17) is 0 Å². The number of hydrogen-bond donors (Lipinski definition) is 1. The molecule has 0 amide bonds. The molecule has 1 aliphatic rings. The van der Waals surface area contributed by atoms with Crippen molar-refractivity contribution in [2.24, 2.45) is 0 Å². The molecular weight excluding hydrogens is 268 g/mol. The van der Waals surface area contributed by atoms with Gasteiger partial charge in [0.25, 0.3) is 0 Å². The van der Waals surface area contributed by atoms with E-state index in [1.165, 1.54) is 11.1 Å². The molecule has 0 unspecified atom stereocenters. The van der Waals surface area contributed by atoms with Crippen molar-refractivity contribution in [3.05, 3.63) is 88.6 Å². The molecule has 1 heteroatoms. The Hall–Kier alpha value is -2.28. The Morgan fingerprint density at radius 2 is 1.82 bits per heavy atom. The van der Waals surface area contributed by atoms with E-state index in [0.717, 1.165) is 29.6 Å². The highest BCUT2D eigenvalue weighted by atomic mass is 16.3. The van der Waals surface area contributed by atoms with Crippen molar-refractivity contribution in [1.82, 2.24) is 0 Å². The van der Waals surface area contributed by atoms with E-state index >= 15 is 0 Å². The molecule has 0 saturated heterocycles. The highest BCUT2D eigenvalue weighted by molar-refractivity contribution is 5.65. The number of benzene rings is 1. The summed E-state index contributed by atoms with van der Waals surface area (Å²) in [5, 5.41) is 10.4. The Bertz CT molecular complexity index is 664. The lowest BCUT2D eigenvalue weighted by molar-refractivity contribution is 0.511. The van der Waals surface area contributed by atoms with E-state index < -0.39 is 0 Å². The molecule has 2 rings (SSSR count). The number of rotatable bonds is 4. The molecule has 1 nitrogen and oxygen atoms in total. The molecule has 0 heterocycles. The Balaban J connectivity index is 2.31. The molecule has 114 valence electrons. The summed E-state index contributed by atoms with van der Waals surface area (Å²) in [4.78, 5) is 0. The van der Waals surface area contributed by atoms with Crippen molar-refractivity contribution in [3.8, 4) is 0 Å². The van der Waals surface area contributed by atoms with Crippen LogP contribution in [0.25, 0.3) is 5.76 Å². The molecule has 0 aromatic heterocycles. The first kappa shape index (κ1) is 16.1. The fourth-order valence-corrected chi connectivity index (χ4v) is 2.38. The minimum Gasteiger partial charge on any atom is -0.507 e. The largest absolute Gasteiger partial charge is 0.507 e. The molecule has 0 fully saturated rings. The number of allylic oxidation sites excluding steroid dienone is 9. The van der Waals surface area contributed by atoms with Crippen LogP contribution in [-0.4, -0.2) is 5.11 Å². The summed E-state index contributed by atoms with van der Waals surface area (Å²) in [6, 6.07) is 7.93. The first-order chi connectivity index (χ1) is 10.6. The number of aliphatic hydroxyl groups excluding tert-OH is 1. The van der Waals surface area contributed by atoms with E-state index in [-0.39, 0.29) is 0 Å². The summed E-state index contributed by atoms with van der Waals surface area (Å²) >= 11 is 0. The van der Waals surface area contributed by atoms with Gasteiger partial charge in [0.15, 0.2) is 0 Å². The molecule has 0 spiro atoms. The number of hydrogen-bond acceptors (Lipinski definition) is 1. The molecule has 0 saturated carbocycles. The van der Waals surface area contributed by atoms with Gasteiger partial charge in [0, 0.05) is 5.56 Å². The van der Waals surface area contributed by atoms with Crippen LogP contribution in [-0.2, 0) is 0 Å². The van der Waals surface area contributed by atoms with E-state index in [1.807, 2.05) is 37.3 Å². The van der Waals surface area contributed by atoms with Crippen LogP contribution in [0, 0.1) is 6.92 Å². The van der Waals surface area contributed by atoms with Gasteiger partial charge in [-0.2, -0.15) is 0 Å². The minimum atomic E-state index is 0.308. The second kappa shape index (κ2) is 7.65. The summed E-state index contributed by atoms with van der Waals surface area (Å²) in [5.41, 5.74) is 5.54. The van der Waals surface area contributed by atoms with Crippen LogP contribution < -0.4 is 0 Å². The normalized spacial score (nSPS) is 16.1. The van der Waals surface area contributed by atoms with Crippen molar-refractivity contribution < 1.29 is 5.11 Å². The van der Waals surface area contributed by atoms with E-state index in [0.29, 0.717) is 5.76 Å². The fraction of sp³-hybridized carbons (Fsp3) is 0.238. The summed E-state index contributed by atoms with van der Waals surface area (Å²) < 4.78 is 0. The van der Waals surface area contributed by atoms with Gasteiger partial charge in [-0.25, -0.2) is 0 Å². The van der Waals surface area contributed by atoms with Gasteiger partial charge in [-0.15, -0.1) is 0 Å². The first-order valence-corrected chi connectivity index (χ1v) is 7.83. The van der Waals surface area contributed by atoms with Gasteiger partial charge in [0.2, 0.25) is 0 Å². The maximum absolute atomic E-state index is 10.4. The average Bonchev–Trinajstić information content (AvgIpc) is 2.72. The number of aliphatic hydroxyl groups is 1. The van der Waals surface area contributed by atoms with Crippen molar-refractivity contribution in [3.63, 3.8) is 0 Å². The topological polar surface area (TPSA) is 20.2 Å². The summed E-state index contributed by atoms with van der Waals surface area (Å²) in [6.07, 6.45) is 14.5. The van der Waals surface area contributed by atoms with Gasteiger partial charge >= 0.3 is 0 Å². The predicted octanol–water partition coefficient (Wildman–Crippen LogP) is 6.06. The van der Waals surface area contributed by atoms with Crippen LogP contribution in [0.2, 0.25) is 0 Å². The van der Waals surface area contributed by atoms with Crippen molar-refractivity contribution >= 4 is 5.76 Å². The highest BCUT2D eigenvalue weighted by Crippen LogP contribution is 2.23. The fourth-order valence-electron chi connectivity index (χ4n) is 2.38. The van der Waals surface area contributed by atoms with Crippen molar-refractivity contribution in [2.45, 2.75) is 33.6 Å². The van der Waals surface area contributed by atoms with Crippen LogP contribution in [0.4, 0.5) is 0 Å². The monoisotopic (exact) mass is 292 g/mol. The molecular formula is C21H24O. The molecule has 1 aromatic carbocycles. The van der Waals surface area contributed by atoms with Crippen LogP contribution in [0.1, 0.15) is 37.8 Å². The van der Waals surface area contributed by atoms with Crippen molar-refractivity contribution in [2.75, 3.05) is 0 Å². The van der Waals surface area contributed by atoms with Crippen LogP contribution in [0.3, 0.4) is 0 Å². The van der Waals surface area contributed by atoms with Crippen molar-refractivity contribution in [1.29, 1.82) is 0 Å². The highest BCUT2D eigenvalue weighted by Gasteiger charge is 2.05. The predicted molar refractivity (Wildman–Crippen MR) is 95.8 cm³/mol. The van der Waals surface area contributed by atoms with Gasteiger partial charge in [0.05, 0.1) is 0 Å². The Labute approximate surface area is 133 Å². The second-order valence-electron chi connectivity index (χ2n) is 5.64. The standard InChI is InChI=1S/C21H24O/c1-4-6-20(18-8-5-7-16(2)9-12-18)15-21(22)19-13-10-17(3)11-14-19/h6-15,22H,4-5H2,1-3H3/b20-6+,21-15-. The Morgan fingerprint density at radius 3 is 2.50 bits per heavy atom. The third-order valence-electron chi connectivity index (χ3n) is 3.70. The Kier molecular flexibility index (Phi) is 5.60. The summed E-state index contributed by atoms with van der Waals surface area (Å²) in [5.74, 6) is 0.308. The molecule has 1 N–H and O–H groups in total. The minimum absolute atomic E-state index is 0.308. The molecule has 0 radical (unpaired) electrons. The summed E-state index contributed by atoms with van der Waals surface area (Å²) in [7, 11) is 0. The second-order valence-corrected chi connectivity index (χ2v) is 5.64. The van der Waals surface area contributed by atoms with Gasteiger partial charge < -0.3 is 5.11 Å². The SMILES string of the molecule is CC/C=C(\C=C(/O)c1ccc(C)cc1)C1=CCC=C(C)C=C1. The summed E-state index contributed by atoms with van der Waals surface area (Å²) in [6.45, 7) is 6.26. The maximum Gasteiger partial charge on any atom is 0.123 e. The molecule has 22 heavy (non-hydrogen) atoms.